The van der Waals surface area contributed by atoms with Gasteiger partial charge >= 0.3 is 12.1 Å². The molecule has 8 nitrogen and oxygen atoms in total. The van der Waals surface area contributed by atoms with Crippen molar-refractivity contribution in [2.75, 3.05) is 17.7 Å². The van der Waals surface area contributed by atoms with Crippen molar-refractivity contribution < 1.29 is 42.2 Å². The number of rotatable bonds is 8. The summed E-state index contributed by atoms with van der Waals surface area (Å²) in [6.45, 7) is 2.76. The van der Waals surface area contributed by atoms with Crippen molar-refractivity contribution in [3.63, 3.8) is 0 Å². The first kappa shape index (κ1) is 26.9. The lowest BCUT2D eigenvalue weighted by Gasteiger charge is -2.18. The van der Waals surface area contributed by atoms with Crippen molar-refractivity contribution in [2.45, 2.75) is 20.0 Å². The number of halogens is 3. The third-order valence-electron chi connectivity index (χ3n) is 5.54. The predicted octanol–water partition coefficient (Wildman–Crippen LogP) is 5.41. The molecule has 0 atom stereocenters. The summed E-state index contributed by atoms with van der Waals surface area (Å²) in [5.41, 5.74) is -1.09. The average Bonchev–Trinajstić information content (AvgIpc) is 2.83. The summed E-state index contributed by atoms with van der Waals surface area (Å²) in [6.07, 6.45) is -4.77. The van der Waals surface area contributed by atoms with E-state index in [2.05, 4.69) is 15.4 Å². The molecule has 0 unspecified atom stereocenters. The summed E-state index contributed by atoms with van der Waals surface area (Å²) >= 11 is 0. The van der Waals surface area contributed by atoms with E-state index < -0.39 is 40.5 Å². The number of carbonyl (C=O) groups excluding carboxylic acids is 3. The first-order valence-corrected chi connectivity index (χ1v) is 10.7. The molecule has 0 saturated heterocycles. The SMILES string of the molecule is CNc1ccc(-c2ccc(NC(=O)c3cc(C(C)=O)c(OC=O)cc3C(=O)O)cc2C(F)(F)F)c(C)c1. The van der Waals surface area contributed by atoms with Gasteiger partial charge in [0, 0.05) is 18.4 Å². The van der Waals surface area contributed by atoms with E-state index in [0.717, 1.165) is 30.8 Å². The quantitative estimate of drug-likeness (QED) is 0.271. The molecular formula is C26H21F3N2O6. The van der Waals surface area contributed by atoms with E-state index in [0.29, 0.717) is 11.1 Å². The fourth-order valence-corrected chi connectivity index (χ4v) is 3.78. The molecule has 3 rings (SSSR count). The molecule has 0 bridgehead atoms. The molecule has 0 spiro atoms. The minimum atomic E-state index is -4.77. The van der Waals surface area contributed by atoms with Gasteiger partial charge in [-0.05, 0) is 66.9 Å². The molecule has 0 saturated carbocycles. The zero-order valence-corrected chi connectivity index (χ0v) is 19.8. The lowest BCUT2D eigenvalue weighted by atomic mass is 9.94. The Bertz CT molecular complexity index is 1420. The molecule has 0 fully saturated rings. The number of anilines is 2. The second-order valence-corrected chi connectivity index (χ2v) is 7.96. The second-order valence-electron chi connectivity index (χ2n) is 7.96. The zero-order valence-electron chi connectivity index (χ0n) is 19.8. The van der Waals surface area contributed by atoms with Gasteiger partial charge in [0.2, 0.25) is 0 Å². The zero-order chi connectivity index (χ0) is 27.5. The van der Waals surface area contributed by atoms with Crippen LogP contribution in [0, 0.1) is 6.92 Å². The summed E-state index contributed by atoms with van der Waals surface area (Å²) in [7, 11) is 1.69. The number of aryl methyl sites for hydroxylation is 1. The molecule has 0 radical (unpaired) electrons. The van der Waals surface area contributed by atoms with Crippen molar-refractivity contribution in [3.05, 3.63) is 76.3 Å². The molecular weight excluding hydrogens is 493 g/mol. The topological polar surface area (TPSA) is 122 Å². The third kappa shape index (κ3) is 5.77. The maximum Gasteiger partial charge on any atom is 0.417 e. The van der Waals surface area contributed by atoms with Crippen LogP contribution < -0.4 is 15.4 Å². The number of aromatic carboxylic acids is 1. The summed E-state index contributed by atoms with van der Waals surface area (Å²) in [4.78, 5) is 47.3. The van der Waals surface area contributed by atoms with E-state index in [9.17, 15) is 37.5 Å². The Morgan fingerprint density at radius 3 is 2.11 bits per heavy atom. The first-order chi connectivity index (χ1) is 17.4. The number of carboxylic acid groups (broad SMARTS) is 1. The summed E-state index contributed by atoms with van der Waals surface area (Å²) in [6, 6.07) is 9.82. The van der Waals surface area contributed by atoms with Crippen LogP contribution in [0.25, 0.3) is 11.1 Å². The van der Waals surface area contributed by atoms with E-state index in [1.165, 1.54) is 12.1 Å². The Labute approximate surface area is 209 Å². The van der Waals surface area contributed by atoms with Gasteiger partial charge in [-0.25, -0.2) is 4.79 Å². The first-order valence-electron chi connectivity index (χ1n) is 10.7. The summed E-state index contributed by atoms with van der Waals surface area (Å²) in [5, 5.41) is 14.7. The number of ketones is 1. The predicted molar refractivity (Wildman–Crippen MR) is 129 cm³/mol. The maximum absolute atomic E-state index is 14.0. The largest absolute Gasteiger partial charge is 0.478 e. The van der Waals surface area contributed by atoms with Crippen molar-refractivity contribution in [3.8, 4) is 16.9 Å². The van der Waals surface area contributed by atoms with Crippen LogP contribution >= 0.6 is 0 Å². The lowest BCUT2D eigenvalue weighted by molar-refractivity contribution is -0.137. The average molecular weight is 514 g/mol. The molecule has 192 valence electrons. The number of carbonyl (C=O) groups is 4. The number of hydrogen-bond acceptors (Lipinski definition) is 6. The van der Waals surface area contributed by atoms with Crippen LogP contribution in [0.3, 0.4) is 0 Å². The molecule has 0 aliphatic heterocycles. The fraction of sp³-hybridized carbons (Fsp3) is 0.154. The highest BCUT2D eigenvalue weighted by Crippen LogP contribution is 2.40. The van der Waals surface area contributed by atoms with E-state index >= 15 is 0 Å². The number of amides is 1. The van der Waals surface area contributed by atoms with Crippen molar-refractivity contribution in [1.29, 1.82) is 0 Å². The molecule has 37 heavy (non-hydrogen) atoms. The van der Waals surface area contributed by atoms with Gasteiger partial charge in [-0.2, -0.15) is 13.2 Å². The molecule has 1 amide bonds. The third-order valence-corrected chi connectivity index (χ3v) is 5.54. The number of nitrogens with one attached hydrogen (secondary N) is 2. The van der Waals surface area contributed by atoms with Gasteiger partial charge in [0.15, 0.2) is 5.78 Å². The number of carboxylic acids is 1. The van der Waals surface area contributed by atoms with Crippen LogP contribution in [0.5, 0.6) is 5.75 Å². The van der Waals surface area contributed by atoms with Gasteiger partial charge in [0.1, 0.15) is 5.75 Å². The summed E-state index contributed by atoms with van der Waals surface area (Å²) in [5.74, 6) is -3.66. The van der Waals surface area contributed by atoms with E-state index in [1.54, 1.807) is 32.2 Å². The molecule has 0 aliphatic carbocycles. The van der Waals surface area contributed by atoms with Gasteiger partial charge < -0.3 is 20.5 Å². The molecule has 11 heteroatoms. The summed E-state index contributed by atoms with van der Waals surface area (Å²) < 4.78 is 46.6. The Hall–Kier alpha value is -4.67. The Kier molecular flexibility index (Phi) is 7.66. The second kappa shape index (κ2) is 10.5. The van der Waals surface area contributed by atoms with Crippen molar-refractivity contribution in [2.24, 2.45) is 0 Å². The normalized spacial score (nSPS) is 11.0. The van der Waals surface area contributed by atoms with Gasteiger partial charge in [0.05, 0.1) is 22.3 Å². The van der Waals surface area contributed by atoms with Gasteiger partial charge in [-0.3, -0.25) is 14.4 Å². The highest BCUT2D eigenvalue weighted by molar-refractivity contribution is 6.13. The van der Waals surface area contributed by atoms with Crippen LogP contribution in [0.2, 0.25) is 0 Å². The van der Waals surface area contributed by atoms with Gasteiger partial charge in [-0.15, -0.1) is 0 Å². The molecule has 3 aromatic carbocycles. The Morgan fingerprint density at radius 2 is 1.57 bits per heavy atom. The number of Topliss-reactive ketones (excluding diaryl/α,β-unsaturated/α-hetero) is 1. The number of ether oxygens (including phenoxy) is 1. The molecule has 0 aliphatic rings. The molecule has 3 aromatic rings. The lowest BCUT2D eigenvalue weighted by Crippen LogP contribution is -2.19. The fourth-order valence-electron chi connectivity index (χ4n) is 3.78. The minimum absolute atomic E-state index is 0.0125. The van der Waals surface area contributed by atoms with E-state index in [4.69, 9.17) is 0 Å². The van der Waals surface area contributed by atoms with Crippen LogP contribution in [0.15, 0.2) is 48.5 Å². The Balaban J connectivity index is 2.08. The maximum atomic E-state index is 14.0. The molecule has 0 aromatic heterocycles. The number of benzene rings is 3. The van der Waals surface area contributed by atoms with Crippen LogP contribution in [0.4, 0.5) is 24.5 Å². The van der Waals surface area contributed by atoms with Gasteiger partial charge in [0.25, 0.3) is 12.4 Å². The molecule has 3 N–H and O–H groups in total. The minimum Gasteiger partial charge on any atom is -0.478 e. The standard InChI is InChI=1S/C26H21F3N2O6/c1-13-8-15(30-3)4-6-17(13)18-7-5-16(9-22(18)26(27,28)29)31-24(34)20-10-19(14(2)33)23(37-12-32)11-21(20)25(35)36/h4-12,30H,1-3H3,(H,31,34)(H,35,36). The highest BCUT2D eigenvalue weighted by atomic mass is 19.4. The van der Waals surface area contributed by atoms with Crippen LogP contribution in [-0.4, -0.2) is 36.3 Å². The van der Waals surface area contributed by atoms with Crippen molar-refractivity contribution >= 4 is 35.5 Å². The molecule has 0 heterocycles. The van der Waals surface area contributed by atoms with Crippen LogP contribution in [-0.2, 0) is 11.0 Å². The van der Waals surface area contributed by atoms with Crippen LogP contribution in [0.1, 0.15) is 49.1 Å². The van der Waals surface area contributed by atoms with Gasteiger partial charge in [-0.1, -0.05) is 12.1 Å². The highest BCUT2D eigenvalue weighted by Gasteiger charge is 2.34. The van der Waals surface area contributed by atoms with E-state index in [-0.39, 0.29) is 29.0 Å². The smallest absolute Gasteiger partial charge is 0.417 e. The van der Waals surface area contributed by atoms with E-state index in [1.807, 2.05) is 0 Å². The monoisotopic (exact) mass is 514 g/mol. The number of hydrogen-bond donors (Lipinski definition) is 3. The Morgan fingerprint density at radius 1 is 0.919 bits per heavy atom. The van der Waals surface area contributed by atoms with Crippen molar-refractivity contribution in [1.82, 2.24) is 0 Å². The number of alkyl halides is 3.